The Hall–Kier alpha value is -2.08. The summed E-state index contributed by atoms with van der Waals surface area (Å²) in [5.41, 5.74) is 3.31. The lowest BCUT2D eigenvalue weighted by Gasteiger charge is -2.24. The molecule has 1 atom stereocenters. The van der Waals surface area contributed by atoms with Gasteiger partial charge in [-0.2, -0.15) is 5.10 Å². The molecule has 0 saturated carbocycles. The third-order valence-corrected chi connectivity index (χ3v) is 3.53. The number of hydrogen-bond acceptors (Lipinski definition) is 4. The standard InChI is InChI=1S/C14H19N3O3/c1-9-12(10(2)17(4)15-9)13(14(18)19)16(3)7-11-5-6-20-8-11/h5-6,8,13H,7H2,1-4H3,(H,18,19)/t13-/m1/s1. The molecule has 2 rings (SSSR count). The number of carbonyl (C=O) groups is 1. The van der Waals surface area contributed by atoms with Gasteiger partial charge in [0.25, 0.3) is 0 Å². The molecule has 6 heteroatoms. The van der Waals surface area contributed by atoms with Crippen molar-refractivity contribution in [1.29, 1.82) is 0 Å². The van der Waals surface area contributed by atoms with Crippen LogP contribution in [0.4, 0.5) is 0 Å². The Morgan fingerprint density at radius 2 is 2.25 bits per heavy atom. The van der Waals surface area contributed by atoms with Crippen LogP contribution in [0, 0.1) is 13.8 Å². The second-order valence-electron chi connectivity index (χ2n) is 5.00. The van der Waals surface area contributed by atoms with Crippen LogP contribution in [0.2, 0.25) is 0 Å². The first-order valence-electron chi connectivity index (χ1n) is 6.36. The number of hydrogen-bond donors (Lipinski definition) is 1. The monoisotopic (exact) mass is 277 g/mol. The van der Waals surface area contributed by atoms with E-state index in [0.717, 1.165) is 22.5 Å². The molecular weight excluding hydrogens is 258 g/mol. The first-order valence-corrected chi connectivity index (χ1v) is 6.36. The normalized spacial score (nSPS) is 12.8. The van der Waals surface area contributed by atoms with Crippen molar-refractivity contribution in [3.63, 3.8) is 0 Å². The summed E-state index contributed by atoms with van der Waals surface area (Å²) >= 11 is 0. The minimum absolute atomic E-state index is 0.501. The Balaban J connectivity index is 2.33. The average Bonchev–Trinajstić information content (AvgIpc) is 2.93. The first-order chi connectivity index (χ1) is 9.41. The largest absolute Gasteiger partial charge is 0.480 e. The van der Waals surface area contributed by atoms with E-state index in [2.05, 4.69) is 5.10 Å². The number of carboxylic acid groups (broad SMARTS) is 1. The van der Waals surface area contributed by atoms with Crippen molar-refractivity contribution in [2.45, 2.75) is 26.4 Å². The lowest BCUT2D eigenvalue weighted by molar-refractivity contribution is -0.143. The fourth-order valence-electron chi connectivity index (χ4n) is 2.48. The van der Waals surface area contributed by atoms with E-state index >= 15 is 0 Å². The SMILES string of the molecule is Cc1nn(C)c(C)c1[C@H](C(=O)O)N(C)Cc1ccoc1. The number of carboxylic acids is 1. The van der Waals surface area contributed by atoms with Gasteiger partial charge in [0.2, 0.25) is 0 Å². The number of aryl methyl sites for hydroxylation is 2. The molecule has 0 aliphatic heterocycles. The molecule has 2 aromatic heterocycles. The van der Waals surface area contributed by atoms with Crippen molar-refractivity contribution in [3.8, 4) is 0 Å². The fourth-order valence-corrected chi connectivity index (χ4v) is 2.48. The average molecular weight is 277 g/mol. The fraction of sp³-hybridized carbons (Fsp3) is 0.429. The van der Waals surface area contributed by atoms with Gasteiger partial charge in [0.15, 0.2) is 0 Å². The van der Waals surface area contributed by atoms with Gasteiger partial charge in [-0.05, 0) is 27.0 Å². The van der Waals surface area contributed by atoms with Crippen LogP contribution in [-0.4, -0.2) is 32.8 Å². The lowest BCUT2D eigenvalue weighted by atomic mass is 10.0. The molecule has 6 nitrogen and oxygen atoms in total. The highest BCUT2D eigenvalue weighted by Crippen LogP contribution is 2.27. The molecule has 2 heterocycles. The van der Waals surface area contributed by atoms with Crippen LogP contribution < -0.4 is 0 Å². The van der Waals surface area contributed by atoms with Crippen LogP contribution in [0.15, 0.2) is 23.0 Å². The van der Waals surface area contributed by atoms with Crippen LogP contribution in [-0.2, 0) is 18.4 Å². The molecule has 108 valence electrons. The van der Waals surface area contributed by atoms with E-state index in [0.29, 0.717) is 6.54 Å². The van der Waals surface area contributed by atoms with Gasteiger partial charge in [0.05, 0.1) is 18.2 Å². The van der Waals surface area contributed by atoms with Crippen LogP contribution in [0.25, 0.3) is 0 Å². The molecular formula is C14H19N3O3. The second kappa shape index (κ2) is 5.50. The van der Waals surface area contributed by atoms with Crippen LogP contribution in [0.3, 0.4) is 0 Å². The molecule has 0 spiro atoms. The van der Waals surface area contributed by atoms with Crippen molar-refractivity contribution in [1.82, 2.24) is 14.7 Å². The molecule has 0 amide bonds. The lowest BCUT2D eigenvalue weighted by Crippen LogP contribution is -2.31. The maximum Gasteiger partial charge on any atom is 0.325 e. The van der Waals surface area contributed by atoms with Gasteiger partial charge in [0.1, 0.15) is 6.04 Å². The third-order valence-electron chi connectivity index (χ3n) is 3.53. The summed E-state index contributed by atoms with van der Waals surface area (Å²) in [6.45, 7) is 4.22. The number of aliphatic carboxylic acids is 1. The smallest absolute Gasteiger partial charge is 0.325 e. The second-order valence-corrected chi connectivity index (χ2v) is 5.00. The van der Waals surface area contributed by atoms with Crippen LogP contribution in [0.1, 0.15) is 28.6 Å². The number of furan rings is 1. The van der Waals surface area contributed by atoms with Gasteiger partial charge >= 0.3 is 5.97 Å². The Kier molecular flexibility index (Phi) is 3.94. The molecule has 1 N–H and O–H groups in total. The van der Waals surface area contributed by atoms with Crippen LogP contribution >= 0.6 is 0 Å². The maximum absolute atomic E-state index is 11.7. The van der Waals surface area contributed by atoms with Gasteiger partial charge in [0, 0.05) is 30.4 Å². The van der Waals surface area contributed by atoms with Crippen molar-refractivity contribution < 1.29 is 14.3 Å². The van der Waals surface area contributed by atoms with E-state index in [1.807, 2.05) is 27.0 Å². The van der Waals surface area contributed by atoms with Crippen molar-refractivity contribution >= 4 is 5.97 Å². The number of nitrogens with zero attached hydrogens (tertiary/aromatic N) is 3. The quantitative estimate of drug-likeness (QED) is 0.903. The zero-order chi connectivity index (χ0) is 14.9. The molecule has 0 aliphatic rings. The topological polar surface area (TPSA) is 71.5 Å². The van der Waals surface area contributed by atoms with Crippen molar-refractivity contribution in [2.75, 3.05) is 7.05 Å². The Labute approximate surface area is 117 Å². The number of likely N-dealkylation sites (N-methyl/N-ethyl adjacent to an activating group) is 1. The van der Waals surface area contributed by atoms with Gasteiger partial charge in [-0.1, -0.05) is 0 Å². The number of rotatable bonds is 5. The zero-order valence-corrected chi connectivity index (χ0v) is 12.1. The zero-order valence-electron chi connectivity index (χ0n) is 12.1. The van der Waals surface area contributed by atoms with Gasteiger partial charge in [-0.3, -0.25) is 14.4 Å². The van der Waals surface area contributed by atoms with E-state index in [-0.39, 0.29) is 0 Å². The molecule has 0 aromatic carbocycles. The predicted octanol–water partition coefficient (Wildman–Crippen LogP) is 1.89. The van der Waals surface area contributed by atoms with E-state index in [1.54, 1.807) is 29.2 Å². The molecule has 20 heavy (non-hydrogen) atoms. The van der Waals surface area contributed by atoms with E-state index in [9.17, 15) is 9.90 Å². The molecule has 0 unspecified atom stereocenters. The predicted molar refractivity (Wildman–Crippen MR) is 73.2 cm³/mol. The van der Waals surface area contributed by atoms with Gasteiger partial charge in [-0.25, -0.2) is 0 Å². The summed E-state index contributed by atoms with van der Waals surface area (Å²) in [6, 6.07) is 1.11. The summed E-state index contributed by atoms with van der Waals surface area (Å²) in [7, 11) is 3.61. The highest BCUT2D eigenvalue weighted by Gasteiger charge is 2.30. The first kappa shape index (κ1) is 14.3. The highest BCUT2D eigenvalue weighted by molar-refractivity contribution is 5.76. The summed E-state index contributed by atoms with van der Waals surface area (Å²) in [6.07, 6.45) is 3.21. The molecule has 0 bridgehead atoms. The molecule has 0 fully saturated rings. The molecule has 0 radical (unpaired) electrons. The van der Waals surface area contributed by atoms with Crippen LogP contribution in [0.5, 0.6) is 0 Å². The Morgan fingerprint density at radius 1 is 1.55 bits per heavy atom. The highest BCUT2D eigenvalue weighted by atomic mass is 16.4. The Morgan fingerprint density at radius 3 is 2.70 bits per heavy atom. The van der Waals surface area contributed by atoms with Crippen molar-refractivity contribution in [3.05, 3.63) is 41.1 Å². The summed E-state index contributed by atoms with van der Waals surface area (Å²) in [5, 5.41) is 13.9. The third kappa shape index (κ3) is 2.60. The van der Waals surface area contributed by atoms with E-state index in [1.165, 1.54) is 0 Å². The molecule has 2 aromatic rings. The summed E-state index contributed by atoms with van der Waals surface area (Å²) < 4.78 is 6.74. The van der Waals surface area contributed by atoms with E-state index in [4.69, 9.17) is 4.42 Å². The van der Waals surface area contributed by atoms with Gasteiger partial charge < -0.3 is 9.52 Å². The Bertz CT molecular complexity index is 601. The maximum atomic E-state index is 11.7. The minimum Gasteiger partial charge on any atom is -0.480 e. The van der Waals surface area contributed by atoms with E-state index < -0.39 is 12.0 Å². The number of aromatic nitrogens is 2. The molecule has 0 aliphatic carbocycles. The molecule has 0 saturated heterocycles. The van der Waals surface area contributed by atoms with Crippen molar-refractivity contribution in [2.24, 2.45) is 7.05 Å². The minimum atomic E-state index is -0.879. The van der Waals surface area contributed by atoms with Gasteiger partial charge in [-0.15, -0.1) is 0 Å². The summed E-state index contributed by atoms with van der Waals surface area (Å²) in [4.78, 5) is 13.5. The summed E-state index contributed by atoms with van der Waals surface area (Å²) in [5.74, 6) is -0.879.